The molecular weight excluding hydrogens is 418 g/mol. The maximum Gasteiger partial charge on any atom is 0.0349 e. The lowest BCUT2D eigenvalue weighted by Gasteiger charge is -2.35. The number of nitrogens with zero attached hydrogens (tertiary/aromatic N) is 1. The van der Waals surface area contributed by atoms with Crippen molar-refractivity contribution in [2.45, 2.75) is 32.7 Å². The van der Waals surface area contributed by atoms with E-state index in [0.29, 0.717) is 6.04 Å². The molecule has 1 fully saturated rings. The van der Waals surface area contributed by atoms with Crippen LogP contribution in [-0.2, 0) is 0 Å². The summed E-state index contributed by atoms with van der Waals surface area (Å²) in [6.45, 7) is 9.25. The van der Waals surface area contributed by atoms with Crippen LogP contribution in [0.1, 0.15) is 38.3 Å². The second kappa shape index (κ2) is 11.1. The van der Waals surface area contributed by atoms with Crippen molar-refractivity contribution < 1.29 is 0 Å². The number of hydrogen-bond donors (Lipinski definition) is 1. The molecule has 122 valence electrons. The average molecular weight is 445 g/mol. The monoisotopic (exact) mass is 444 g/mol. The van der Waals surface area contributed by atoms with Crippen LogP contribution in [0.15, 0.2) is 24.3 Å². The van der Waals surface area contributed by atoms with Gasteiger partial charge in [0, 0.05) is 35.8 Å². The Morgan fingerprint density at radius 2 is 1.81 bits per heavy atom. The molecule has 0 amide bonds. The van der Waals surface area contributed by atoms with E-state index in [1.54, 1.807) is 0 Å². The molecule has 5 heteroatoms. The van der Waals surface area contributed by atoms with Crippen LogP contribution in [0.2, 0.25) is 0 Å². The first-order chi connectivity index (χ1) is 9.16. The van der Waals surface area contributed by atoms with Crippen LogP contribution in [0.25, 0.3) is 0 Å². The predicted octanol–water partition coefficient (Wildman–Crippen LogP) is 4.52. The SMILES string of the molecule is CC(C)CC[C@@H](c1cccc(I)c1)N1CCNCC1.Cl.Cl. The van der Waals surface area contributed by atoms with E-state index < -0.39 is 0 Å². The maximum absolute atomic E-state index is 3.45. The van der Waals surface area contributed by atoms with Crippen LogP contribution in [0, 0.1) is 9.49 Å². The number of halogens is 3. The van der Waals surface area contributed by atoms with Gasteiger partial charge < -0.3 is 5.32 Å². The normalized spacial score (nSPS) is 17.0. The minimum absolute atomic E-state index is 0. The highest BCUT2D eigenvalue weighted by Crippen LogP contribution is 2.28. The summed E-state index contributed by atoms with van der Waals surface area (Å²) < 4.78 is 1.35. The zero-order valence-electron chi connectivity index (χ0n) is 12.8. The summed E-state index contributed by atoms with van der Waals surface area (Å²) in [5.41, 5.74) is 1.49. The number of benzene rings is 1. The molecule has 1 N–H and O–H groups in total. The zero-order valence-corrected chi connectivity index (χ0v) is 16.6. The Kier molecular flexibility index (Phi) is 11.3. The van der Waals surface area contributed by atoms with E-state index in [0.717, 1.165) is 19.0 Å². The smallest absolute Gasteiger partial charge is 0.0349 e. The second-order valence-electron chi connectivity index (χ2n) is 5.83. The summed E-state index contributed by atoms with van der Waals surface area (Å²) in [6.07, 6.45) is 2.58. The van der Waals surface area contributed by atoms with Crippen LogP contribution in [0.3, 0.4) is 0 Å². The van der Waals surface area contributed by atoms with E-state index in [2.05, 4.69) is 70.9 Å². The average Bonchev–Trinajstić information content (AvgIpc) is 2.40. The summed E-state index contributed by atoms with van der Waals surface area (Å²) in [7, 11) is 0. The highest BCUT2D eigenvalue weighted by atomic mass is 127. The second-order valence-corrected chi connectivity index (χ2v) is 7.07. The first-order valence-corrected chi connectivity index (χ1v) is 8.45. The van der Waals surface area contributed by atoms with Crippen molar-refractivity contribution in [2.24, 2.45) is 5.92 Å². The molecule has 1 atom stereocenters. The molecule has 1 saturated heterocycles. The minimum atomic E-state index is 0. The molecule has 1 heterocycles. The Balaban J connectivity index is 0.00000200. The van der Waals surface area contributed by atoms with Gasteiger partial charge in [0.15, 0.2) is 0 Å². The largest absolute Gasteiger partial charge is 0.314 e. The third kappa shape index (κ3) is 7.04. The lowest BCUT2D eigenvalue weighted by atomic mass is 9.96. The summed E-state index contributed by atoms with van der Waals surface area (Å²) >= 11 is 2.42. The van der Waals surface area contributed by atoms with Crippen molar-refractivity contribution in [3.8, 4) is 0 Å². The van der Waals surface area contributed by atoms with Crippen molar-refractivity contribution in [2.75, 3.05) is 26.2 Å². The molecular formula is C16H27Cl2IN2. The van der Waals surface area contributed by atoms with Crippen molar-refractivity contribution >= 4 is 47.4 Å². The molecule has 0 aromatic heterocycles. The summed E-state index contributed by atoms with van der Waals surface area (Å²) in [6, 6.07) is 9.63. The molecule has 1 aliphatic heterocycles. The Bertz CT molecular complexity index is 396. The highest BCUT2D eigenvalue weighted by molar-refractivity contribution is 14.1. The Labute approximate surface area is 155 Å². The van der Waals surface area contributed by atoms with Gasteiger partial charge in [-0.25, -0.2) is 0 Å². The van der Waals surface area contributed by atoms with E-state index in [4.69, 9.17) is 0 Å². The molecule has 0 unspecified atom stereocenters. The fourth-order valence-electron chi connectivity index (χ4n) is 2.76. The van der Waals surface area contributed by atoms with E-state index in [1.165, 1.54) is 35.1 Å². The van der Waals surface area contributed by atoms with Gasteiger partial charge in [-0.2, -0.15) is 0 Å². The number of nitrogens with one attached hydrogen (secondary N) is 1. The minimum Gasteiger partial charge on any atom is -0.314 e. The maximum atomic E-state index is 3.45. The summed E-state index contributed by atoms with van der Waals surface area (Å²) in [5, 5.41) is 3.45. The van der Waals surface area contributed by atoms with Crippen LogP contribution in [0.5, 0.6) is 0 Å². The Morgan fingerprint density at radius 3 is 2.38 bits per heavy atom. The topological polar surface area (TPSA) is 15.3 Å². The lowest BCUT2D eigenvalue weighted by Crippen LogP contribution is -2.45. The molecule has 0 spiro atoms. The van der Waals surface area contributed by atoms with Gasteiger partial charge in [-0.05, 0) is 59.0 Å². The fourth-order valence-corrected chi connectivity index (χ4v) is 3.33. The molecule has 1 aliphatic rings. The predicted molar refractivity (Wildman–Crippen MR) is 105 cm³/mol. The van der Waals surface area contributed by atoms with E-state index >= 15 is 0 Å². The first kappa shape index (κ1) is 21.4. The molecule has 0 bridgehead atoms. The van der Waals surface area contributed by atoms with Crippen LogP contribution >= 0.6 is 47.4 Å². The van der Waals surface area contributed by atoms with Crippen molar-refractivity contribution in [3.05, 3.63) is 33.4 Å². The molecule has 0 aliphatic carbocycles. The van der Waals surface area contributed by atoms with E-state index in [9.17, 15) is 0 Å². The first-order valence-electron chi connectivity index (χ1n) is 7.37. The van der Waals surface area contributed by atoms with Gasteiger partial charge in [0.2, 0.25) is 0 Å². The molecule has 2 rings (SSSR count). The Morgan fingerprint density at radius 1 is 1.14 bits per heavy atom. The van der Waals surface area contributed by atoms with Gasteiger partial charge in [0.05, 0.1) is 0 Å². The van der Waals surface area contributed by atoms with Gasteiger partial charge >= 0.3 is 0 Å². The molecule has 0 saturated carbocycles. The van der Waals surface area contributed by atoms with Crippen LogP contribution < -0.4 is 5.32 Å². The number of hydrogen-bond acceptors (Lipinski definition) is 2. The van der Waals surface area contributed by atoms with Gasteiger partial charge in [-0.3, -0.25) is 4.90 Å². The number of piperazine rings is 1. The van der Waals surface area contributed by atoms with Crippen LogP contribution in [0.4, 0.5) is 0 Å². The quantitative estimate of drug-likeness (QED) is 0.671. The summed E-state index contributed by atoms with van der Waals surface area (Å²) in [4.78, 5) is 2.66. The van der Waals surface area contributed by atoms with E-state index in [1.807, 2.05) is 0 Å². The molecule has 21 heavy (non-hydrogen) atoms. The van der Waals surface area contributed by atoms with Crippen LogP contribution in [-0.4, -0.2) is 31.1 Å². The van der Waals surface area contributed by atoms with Gasteiger partial charge in [0.25, 0.3) is 0 Å². The Hall–Kier alpha value is 0.450. The summed E-state index contributed by atoms with van der Waals surface area (Å²) in [5.74, 6) is 0.785. The lowest BCUT2D eigenvalue weighted by molar-refractivity contribution is 0.160. The molecule has 1 aromatic rings. The molecule has 1 aromatic carbocycles. The van der Waals surface area contributed by atoms with E-state index in [-0.39, 0.29) is 24.8 Å². The van der Waals surface area contributed by atoms with Crippen molar-refractivity contribution in [3.63, 3.8) is 0 Å². The number of rotatable bonds is 5. The van der Waals surface area contributed by atoms with Crippen molar-refractivity contribution in [1.82, 2.24) is 10.2 Å². The van der Waals surface area contributed by atoms with Gasteiger partial charge in [-0.15, -0.1) is 24.8 Å². The van der Waals surface area contributed by atoms with Crippen molar-refractivity contribution in [1.29, 1.82) is 0 Å². The fraction of sp³-hybridized carbons (Fsp3) is 0.625. The molecule has 0 radical (unpaired) electrons. The highest BCUT2D eigenvalue weighted by Gasteiger charge is 2.22. The van der Waals surface area contributed by atoms with Gasteiger partial charge in [0.1, 0.15) is 0 Å². The van der Waals surface area contributed by atoms with Gasteiger partial charge in [-0.1, -0.05) is 26.0 Å². The third-order valence-corrected chi connectivity index (χ3v) is 4.51. The third-order valence-electron chi connectivity index (χ3n) is 3.84. The standard InChI is InChI=1S/C16H25IN2.2ClH/c1-13(2)6-7-16(19-10-8-18-9-11-19)14-4-3-5-15(17)12-14;;/h3-5,12-13,16,18H,6-11H2,1-2H3;2*1H/t16-;;/m0../s1. The molecule has 2 nitrogen and oxygen atoms in total. The zero-order chi connectivity index (χ0) is 13.7.